The van der Waals surface area contributed by atoms with Gasteiger partial charge in [-0.3, -0.25) is 9.59 Å². The van der Waals surface area contributed by atoms with Crippen molar-refractivity contribution in [1.29, 1.82) is 0 Å². The number of nitrogens with two attached hydrogens (primary N) is 1. The summed E-state index contributed by atoms with van der Waals surface area (Å²) in [5.74, 6) is -1.65. The highest BCUT2D eigenvalue weighted by atomic mass is 32.2. The lowest BCUT2D eigenvalue weighted by Gasteiger charge is -2.32. The van der Waals surface area contributed by atoms with Crippen LogP contribution in [-0.2, 0) is 24.3 Å². The number of ether oxygens (including phenoxy) is 1. The molecule has 110 valence electrons. The lowest BCUT2D eigenvalue weighted by Crippen LogP contribution is -2.59. The average Bonchev–Trinajstić information content (AvgIpc) is 2.37. The molecule has 0 bridgehead atoms. The van der Waals surface area contributed by atoms with Crippen LogP contribution >= 0.6 is 0 Å². The lowest BCUT2D eigenvalue weighted by atomic mass is 10.2. The third-order valence-corrected chi connectivity index (χ3v) is 4.62. The molecule has 0 aliphatic carbocycles. The largest absolute Gasteiger partial charge is 0.466 e. The molecule has 0 saturated carbocycles. The maximum absolute atomic E-state index is 12.1. The van der Waals surface area contributed by atoms with Crippen LogP contribution in [0.5, 0.6) is 0 Å². The predicted octanol–water partition coefficient (Wildman–Crippen LogP) is -1.97. The van der Waals surface area contributed by atoms with Crippen LogP contribution in [0.3, 0.4) is 0 Å². The number of hydrogen-bond donors (Lipinski definition) is 2. The van der Waals surface area contributed by atoms with Crippen LogP contribution in [0.25, 0.3) is 0 Å². The van der Waals surface area contributed by atoms with Crippen molar-refractivity contribution < 1.29 is 22.7 Å². The minimum atomic E-state index is -3.70. The van der Waals surface area contributed by atoms with Crippen LogP contribution in [0.1, 0.15) is 13.3 Å². The molecule has 1 aliphatic heterocycles. The Hall–Kier alpha value is -1.19. The smallest absolute Gasteiger partial charge is 0.306 e. The minimum Gasteiger partial charge on any atom is -0.466 e. The van der Waals surface area contributed by atoms with Crippen molar-refractivity contribution in [2.45, 2.75) is 19.4 Å². The molecular formula is C10H19N3O5S. The van der Waals surface area contributed by atoms with Crippen LogP contribution in [0.2, 0.25) is 0 Å². The SMILES string of the molecule is CCOC(=O)CCS(=O)(=O)N1CCNCC1C(N)=O. The van der Waals surface area contributed by atoms with E-state index in [1.54, 1.807) is 6.92 Å². The van der Waals surface area contributed by atoms with Crippen molar-refractivity contribution in [3.63, 3.8) is 0 Å². The first-order chi connectivity index (χ1) is 8.88. The van der Waals surface area contributed by atoms with E-state index in [1.165, 1.54) is 0 Å². The number of primary amides is 1. The standard InChI is InChI=1S/C10H19N3O5S/c1-2-18-9(14)3-6-19(16,17)13-5-4-12-7-8(13)10(11)15/h8,12H,2-7H2,1H3,(H2,11,15). The molecule has 3 N–H and O–H groups in total. The topological polar surface area (TPSA) is 119 Å². The first-order valence-corrected chi connectivity index (χ1v) is 7.64. The summed E-state index contributed by atoms with van der Waals surface area (Å²) < 4.78 is 29.9. The summed E-state index contributed by atoms with van der Waals surface area (Å²) in [6.07, 6.45) is -0.231. The first kappa shape index (κ1) is 15.9. The van der Waals surface area contributed by atoms with Crippen LogP contribution in [0, 0.1) is 0 Å². The molecule has 1 heterocycles. The van der Waals surface area contributed by atoms with Crippen LogP contribution in [0.15, 0.2) is 0 Å². The highest BCUT2D eigenvalue weighted by molar-refractivity contribution is 7.89. The van der Waals surface area contributed by atoms with Crippen LogP contribution in [0.4, 0.5) is 0 Å². The van der Waals surface area contributed by atoms with Gasteiger partial charge in [-0.2, -0.15) is 4.31 Å². The van der Waals surface area contributed by atoms with E-state index in [9.17, 15) is 18.0 Å². The Balaban J connectivity index is 2.69. The van der Waals surface area contributed by atoms with Gasteiger partial charge in [-0.25, -0.2) is 8.42 Å². The van der Waals surface area contributed by atoms with Crippen molar-refractivity contribution in [2.75, 3.05) is 32.0 Å². The van der Waals surface area contributed by atoms with Gasteiger partial charge in [0.25, 0.3) is 0 Å². The van der Waals surface area contributed by atoms with Gasteiger partial charge in [-0.05, 0) is 6.92 Å². The summed E-state index contributed by atoms with van der Waals surface area (Å²) in [6.45, 7) is 2.65. The monoisotopic (exact) mass is 293 g/mol. The second kappa shape index (κ2) is 6.83. The molecule has 0 aromatic carbocycles. The molecule has 1 saturated heterocycles. The zero-order chi connectivity index (χ0) is 14.5. The van der Waals surface area contributed by atoms with Gasteiger partial charge in [-0.15, -0.1) is 0 Å². The molecule has 0 spiro atoms. The highest BCUT2D eigenvalue weighted by Gasteiger charge is 2.35. The summed E-state index contributed by atoms with van der Waals surface area (Å²) in [7, 11) is -3.70. The zero-order valence-corrected chi connectivity index (χ0v) is 11.6. The van der Waals surface area contributed by atoms with Crippen molar-refractivity contribution in [1.82, 2.24) is 9.62 Å². The van der Waals surface area contributed by atoms with E-state index in [1.807, 2.05) is 0 Å². The fraction of sp³-hybridized carbons (Fsp3) is 0.800. The number of sulfonamides is 1. The van der Waals surface area contributed by atoms with E-state index in [-0.39, 0.29) is 31.9 Å². The maximum Gasteiger partial charge on any atom is 0.306 e. The third-order valence-electron chi connectivity index (χ3n) is 2.75. The van der Waals surface area contributed by atoms with Crippen molar-refractivity contribution >= 4 is 21.9 Å². The van der Waals surface area contributed by atoms with Crippen LogP contribution < -0.4 is 11.1 Å². The average molecular weight is 293 g/mol. The van der Waals surface area contributed by atoms with Gasteiger partial charge >= 0.3 is 5.97 Å². The number of carbonyl (C=O) groups excluding carboxylic acids is 2. The second-order valence-corrected chi connectivity index (χ2v) is 6.15. The number of carbonyl (C=O) groups is 2. The number of amides is 1. The predicted molar refractivity (Wildman–Crippen MR) is 67.6 cm³/mol. The Kier molecular flexibility index (Phi) is 5.70. The Morgan fingerprint density at radius 3 is 2.74 bits per heavy atom. The summed E-state index contributed by atoms with van der Waals surface area (Å²) in [5.41, 5.74) is 5.18. The minimum absolute atomic E-state index is 0.165. The molecule has 0 aromatic heterocycles. The Morgan fingerprint density at radius 2 is 2.16 bits per heavy atom. The summed E-state index contributed by atoms with van der Waals surface area (Å²) in [6, 6.07) is -0.902. The molecule has 1 unspecified atom stereocenters. The summed E-state index contributed by atoms with van der Waals surface area (Å²) in [4.78, 5) is 22.4. The van der Waals surface area contributed by atoms with Gasteiger partial charge in [0.1, 0.15) is 6.04 Å². The summed E-state index contributed by atoms with van der Waals surface area (Å²) >= 11 is 0. The molecule has 1 amide bonds. The van der Waals surface area contributed by atoms with Gasteiger partial charge in [0.2, 0.25) is 15.9 Å². The third kappa shape index (κ3) is 4.44. The van der Waals surface area contributed by atoms with E-state index in [2.05, 4.69) is 10.1 Å². The number of hydrogen-bond acceptors (Lipinski definition) is 6. The fourth-order valence-electron chi connectivity index (χ4n) is 1.82. The number of nitrogens with zero attached hydrogens (tertiary/aromatic N) is 1. The zero-order valence-electron chi connectivity index (χ0n) is 10.8. The van der Waals surface area contributed by atoms with E-state index < -0.39 is 27.9 Å². The molecule has 9 heteroatoms. The van der Waals surface area contributed by atoms with E-state index >= 15 is 0 Å². The molecule has 1 atom stereocenters. The second-order valence-electron chi connectivity index (χ2n) is 4.10. The van der Waals surface area contributed by atoms with E-state index in [4.69, 9.17) is 5.73 Å². The Morgan fingerprint density at radius 1 is 1.47 bits per heavy atom. The van der Waals surface area contributed by atoms with Crippen molar-refractivity contribution in [3.05, 3.63) is 0 Å². The van der Waals surface area contributed by atoms with Gasteiger partial charge in [0, 0.05) is 19.6 Å². The molecule has 0 aromatic rings. The number of nitrogens with one attached hydrogen (secondary N) is 1. The first-order valence-electron chi connectivity index (χ1n) is 6.03. The molecule has 1 aliphatic rings. The van der Waals surface area contributed by atoms with E-state index in [0.29, 0.717) is 6.54 Å². The number of esters is 1. The van der Waals surface area contributed by atoms with Gasteiger partial charge in [0.15, 0.2) is 0 Å². The van der Waals surface area contributed by atoms with Crippen molar-refractivity contribution in [3.8, 4) is 0 Å². The lowest BCUT2D eigenvalue weighted by molar-refractivity contribution is -0.142. The molecule has 1 fully saturated rings. The molecule has 8 nitrogen and oxygen atoms in total. The molecule has 0 radical (unpaired) electrons. The van der Waals surface area contributed by atoms with E-state index in [0.717, 1.165) is 4.31 Å². The quantitative estimate of drug-likeness (QED) is 0.548. The fourth-order valence-corrected chi connectivity index (χ4v) is 3.42. The normalized spacial score (nSPS) is 21.0. The van der Waals surface area contributed by atoms with Crippen LogP contribution in [-0.4, -0.2) is 62.6 Å². The molecular weight excluding hydrogens is 274 g/mol. The van der Waals surface area contributed by atoms with Crippen molar-refractivity contribution in [2.24, 2.45) is 5.73 Å². The van der Waals surface area contributed by atoms with Gasteiger partial charge in [-0.1, -0.05) is 0 Å². The van der Waals surface area contributed by atoms with Gasteiger partial charge < -0.3 is 15.8 Å². The van der Waals surface area contributed by atoms with Gasteiger partial charge in [0.05, 0.1) is 18.8 Å². The molecule has 1 rings (SSSR count). The molecule has 19 heavy (non-hydrogen) atoms. The Labute approximate surface area is 112 Å². The highest BCUT2D eigenvalue weighted by Crippen LogP contribution is 2.11. The number of rotatable bonds is 6. The number of piperazine rings is 1. The maximum atomic E-state index is 12.1. The Bertz CT molecular complexity index is 436. The summed E-state index contributed by atoms with van der Waals surface area (Å²) in [5, 5.41) is 2.90.